The molecule has 0 aliphatic heterocycles. The summed E-state index contributed by atoms with van der Waals surface area (Å²) in [5.41, 5.74) is 0. The van der Waals surface area contributed by atoms with Gasteiger partial charge < -0.3 is 21.5 Å². The predicted octanol–water partition coefficient (Wildman–Crippen LogP) is 2.73. The highest BCUT2D eigenvalue weighted by Crippen LogP contribution is 2.12. The molecule has 0 aromatic rings. The fraction of sp³-hybridized carbons (Fsp3) is 0.789. The summed E-state index contributed by atoms with van der Waals surface area (Å²) in [6, 6.07) is 0. The van der Waals surface area contributed by atoms with Crippen LogP contribution < -0.4 is 17.0 Å². The standard InChI is InChI=1S/C19H38N.BrH/c1-5-8-9-10-11-12-13-14-15-16-19-20(4,17-6-2)18-7-3;/h6-7H,2-3,5,8-19H2,1,4H3;1H/q+1;/p-1. The average molecular weight is 360 g/mol. The maximum atomic E-state index is 3.88. The highest BCUT2D eigenvalue weighted by Gasteiger charge is 2.16. The van der Waals surface area contributed by atoms with Crippen molar-refractivity contribution in [2.45, 2.75) is 71.1 Å². The SMILES string of the molecule is C=CC[N+](C)(CC=C)CCCCCCCCCCCC.[Br-]. The first-order valence-electron chi connectivity index (χ1n) is 8.74. The fourth-order valence-corrected chi connectivity index (χ4v) is 2.86. The number of hydrogen-bond acceptors (Lipinski definition) is 0. The van der Waals surface area contributed by atoms with Crippen molar-refractivity contribution in [3.05, 3.63) is 25.3 Å². The van der Waals surface area contributed by atoms with Crippen LogP contribution in [0.3, 0.4) is 0 Å². The average Bonchev–Trinajstić information content (AvgIpc) is 2.41. The monoisotopic (exact) mass is 359 g/mol. The van der Waals surface area contributed by atoms with E-state index in [4.69, 9.17) is 0 Å². The molecule has 0 spiro atoms. The minimum Gasteiger partial charge on any atom is -1.00 e. The summed E-state index contributed by atoms with van der Waals surface area (Å²) in [7, 11) is 2.32. The Morgan fingerprint density at radius 3 is 1.48 bits per heavy atom. The fourth-order valence-electron chi connectivity index (χ4n) is 2.86. The van der Waals surface area contributed by atoms with Gasteiger partial charge in [-0.15, -0.1) is 0 Å². The van der Waals surface area contributed by atoms with Crippen molar-refractivity contribution in [3.8, 4) is 0 Å². The molecule has 0 heterocycles. The van der Waals surface area contributed by atoms with E-state index >= 15 is 0 Å². The number of unbranched alkanes of at least 4 members (excludes halogenated alkanes) is 9. The molecule has 0 aliphatic rings. The number of likely N-dealkylation sites (N-methyl/N-ethyl adjacent to an activating group) is 1. The second-order valence-corrected chi connectivity index (χ2v) is 6.47. The Balaban J connectivity index is 0. The number of nitrogens with zero attached hydrogens (tertiary/aromatic N) is 1. The number of hydrogen-bond donors (Lipinski definition) is 0. The molecule has 0 aromatic carbocycles. The van der Waals surface area contributed by atoms with Crippen LogP contribution in [0, 0.1) is 0 Å². The van der Waals surface area contributed by atoms with Crippen molar-refractivity contribution >= 4 is 0 Å². The molecular weight excluding hydrogens is 322 g/mol. The van der Waals surface area contributed by atoms with Gasteiger partial charge >= 0.3 is 0 Å². The number of quaternary nitrogens is 1. The molecule has 0 bridgehead atoms. The first-order chi connectivity index (χ1) is 9.68. The van der Waals surface area contributed by atoms with Crippen molar-refractivity contribution in [1.29, 1.82) is 0 Å². The summed E-state index contributed by atoms with van der Waals surface area (Å²) in [5.74, 6) is 0. The van der Waals surface area contributed by atoms with Crippen molar-refractivity contribution in [2.75, 3.05) is 26.7 Å². The minimum absolute atomic E-state index is 0. The Bertz CT molecular complexity index is 228. The van der Waals surface area contributed by atoms with Gasteiger partial charge in [-0.1, -0.05) is 71.4 Å². The summed E-state index contributed by atoms with van der Waals surface area (Å²) in [4.78, 5) is 0. The lowest BCUT2D eigenvalue weighted by atomic mass is 10.1. The molecule has 0 amide bonds. The van der Waals surface area contributed by atoms with Gasteiger partial charge in [0.05, 0.1) is 26.7 Å². The third-order valence-electron chi connectivity index (χ3n) is 4.19. The Labute approximate surface area is 144 Å². The molecule has 0 saturated heterocycles. The van der Waals surface area contributed by atoms with Crippen molar-refractivity contribution in [2.24, 2.45) is 0 Å². The summed E-state index contributed by atoms with van der Waals surface area (Å²) >= 11 is 0. The Kier molecular flexibility index (Phi) is 18.0. The largest absolute Gasteiger partial charge is 1.00 e. The number of rotatable bonds is 15. The van der Waals surface area contributed by atoms with Crippen LogP contribution in [0.1, 0.15) is 71.1 Å². The second kappa shape index (κ2) is 16.3. The highest BCUT2D eigenvalue weighted by atomic mass is 79.9. The van der Waals surface area contributed by atoms with E-state index in [1.807, 2.05) is 12.2 Å². The molecule has 0 aliphatic carbocycles. The first kappa shape index (κ1) is 23.2. The van der Waals surface area contributed by atoms with Crippen LogP contribution in [-0.2, 0) is 0 Å². The summed E-state index contributed by atoms with van der Waals surface area (Å²) in [6.45, 7) is 13.4. The first-order valence-corrected chi connectivity index (χ1v) is 8.74. The van der Waals surface area contributed by atoms with Gasteiger partial charge in [-0.2, -0.15) is 0 Å². The normalized spacial score (nSPS) is 11.0. The third kappa shape index (κ3) is 14.6. The molecule has 0 aromatic heterocycles. The minimum atomic E-state index is 0. The van der Waals surface area contributed by atoms with Gasteiger partial charge in [-0.3, -0.25) is 0 Å². The molecule has 21 heavy (non-hydrogen) atoms. The molecule has 0 unspecified atom stereocenters. The maximum Gasteiger partial charge on any atom is 0.0971 e. The van der Waals surface area contributed by atoms with Crippen LogP contribution in [0.2, 0.25) is 0 Å². The van der Waals surface area contributed by atoms with Crippen molar-refractivity contribution in [1.82, 2.24) is 0 Å². The van der Waals surface area contributed by atoms with Crippen LogP contribution >= 0.6 is 0 Å². The van der Waals surface area contributed by atoms with E-state index in [0.29, 0.717) is 0 Å². The Hall–Kier alpha value is -0.0800. The van der Waals surface area contributed by atoms with E-state index in [-0.39, 0.29) is 17.0 Å². The van der Waals surface area contributed by atoms with E-state index in [9.17, 15) is 0 Å². The summed E-state index contributed by atoms with van der Waals surface area (Å²) < 4.78 is 1.07. The van der Waals surface area contributed by atoms with E-state index in [0.717, 1.165) is 17.6 Å². The zero-order chi connectivity index (χ0) is 15.1. The molecule has 2 heteroatoms. The second-order valence-electron chi connectivity index (χ2n) is 6.47. The topological polar surface area (TPSA) is 0 Å². The van der Waals surface area contributed by atoms with E-state index < -0.39 is 0 Å². The Morgan fingerprint density at radius 1 is 0.714 bits per heavy atom. The summed E-state index contributed by atoms with van der Waals surface area (Å²) in [5, 5.41) is 0. The lowest BCUT2D eigenvalue weighted by Gasteiger charge is -2.32. The quantitative estimate of drug-likeness (QED) is 0.239. The van der Waals surface area contributed by atoms with Crippen LogP contribution in [0.15, 0.2) is 25.3 Å². The van der Waals surface area contributed by atoms with Gasteiger partial charge in [0.15, 0.2) is 0 Å². The van der Waals surface area contributed by atoms with Crippen molar-refractivity contribution < 1.29 is 21.5 Å². The molecule has 1 nitrogen and oxygen atoms in total. The molecule has 0 fully saturated rings. The molecule has 0 atom stereocenters. The predicted molar refractivity (Wildman–Crippen MR) is 93.0 cm³/mol. The molecule has 0 rings (SSSR count). The van der Waals surface area contributed by atoms with E-state index in [1.54, 1.807) is 0 Å². The van der Waals surface area contributed by atoms with Crippen LogP contribution in [0.4, 0.5) is 0 Å². The van der Waals surface area contributed by atoms with Gasteiger partial charge in [0.1, 0.15) is 0 Å². The molecular formula is C19H38BrN. The zero-order valence-electron chi connectivity index (χ0n) is 14.6. The number of halogens is 1. The van der Waals surface area contributed by atoms with Gasteiger partial charge in [0.25, 0.3) is 0 Å². The molecule has 0 saturated carbocycles. The van der Waals surface area contributed by atoms with Crippen LogP contribution in [-0.4, -0.2) is 31.2 Å². The smallest absolute Gasteiger partial charge is 0.0971 e. The van der Waals surface area contributed by atoms with Gasteiger partial charge in [-0.25, -0.2) is 0 Å². The molecule has 0 N–H and O–H groups in total. The summed E-state index contributed by atoms with van der Waals surface area (Å²) in [6.07, 6.45) is 18.2. The van der Waals surface area contributed by atoms with Gasteiger partial charge in [0.2, 0.25) is 0 Å². The van der Waals surface area contributed by atoms with Gasteiger partial charge in [-0.05, 0) is 25.0 Å². The zero-order valence-corrected chi connectivity index (χ0v) is 16.2. The third-order valence-corrected chi connectivity index (χ3v) is 4.19. The van der Waals surface area contributed by atoms with Gasteiger partial charge in [0, 0.05) is 0 Å². The highest BCUT2D eigenvalue weighted by molar-refractivity contribution is 4.71. The lowest BCUT2D eigenvalue weighted by molar-refractivity contribution is -0.898. The van der Waals surface area contributed by atoms with Crippen molar-refractivity contribution in [3.63, 3.8) is 0 Å². The van der Waals surface area contributed by atoms with E-state index in [1.165, 1.54) is 70.8 Å². The lowest BCUT2D eigenvalue weighted by Crippen LogP contribution is -3.00. The van der Waals surface area contributed by atoms with Crippen LogP contribution in [0.5, 0.6) is 0 Å². The van der Waals surface area contributed by atoms with Crippen LogP contribution in [0.25, 0.3) is 0 Å². The Morgan fingerprint density at radius 2 is 1.10 bits per heavy atom. The molecule has 126 valence electrons. The molecule has 0 radical (unpaired) electrons. The van der Waals surface area contributed by atoms with E-state index in [2.05, 4.69) is 27.1 Å². The maximum absolute atomic E-state index is 3.88.